The van der Waals surface area contributed by atoms with Crippen molar-refractivity contribution in [3.63, 3.8) is 0 Å². The molecule has 0 atom stereocenters. The molecule has 4 rings (SSSR count). The van der Waals surface area contributed by atoms with Crippen LogP contribution in [0, 0.1) is 0 Å². The molecular weight excluding hydrogens is 420 g/mol. The molecule has 28 heavy (non-hydrogen) atoms. The quantitative estimate of drug-likeness (QED) is 0.240. The van der Waals surface area contributed by atoms with Crippen molar-refractivity contribution in [1.29, 1.82) is 0 Å². The zero-order valence-electron chi connectivity index (χ0n) is 15.4. The number of benzene rings is 2. The minimum absolute atomic E-state index is 0.347. The maximum absolute atomic E-state index is 12.2. The van der Waals surface area contributed by atoms with Gasteiger partial charge in [0.15, 0.2) is 5.69 Å². The van der Waals surface area contributed by atoms with Gasteiger partial charge in [0.1, 0.15) is 10.4 Å². The first-order chi connectivity index (χ1) is 13.7. The maximum Gasteiger partial charge on any atom is 0.358 e. The summed E-state index contributed by atoms with van der Waals surface area (Å²) in [5.74, 6) is 0.439. The van der Waals surface area contributed by atoms with E-state index in [0.717, 1.165) is 38.6 Å². The lowest BCUT2D eigenvalue weighted by atomic mass is 10.1. The highest BCUT2D eigenvalue weighted by molar-refractivity contribution is 9.10. The Morgan fingerprint density at radius 1 is 1.07 bits per heavy atom. The molecule has 0 aliphatic carbocycles. The van der Waals surface area contributed by atoms with E-state index in [-0.39, 0.29) is 0 Å². The molecule has 5 nitrogen and oxygen atoms in total. The molecular formula is C22H19BrN2O3. The Balaban J connectivity index is 1.53. The van der Waals surface area contributed by atoms with Crippen molar-refractivity contribution in [3.05, 3.63) is 76.5 Å². The molecule has 0 amide bonds. The monoisotopic (exact) mass is 438 g/mol. The van der Waals surface area contributed by atoms with Crippen molar-refractivity contribution in [3.8, 4) is 5.75 Å². The average molecular weight is 439 g/mol. The lowest BCUT2D eigenvalue weighted by molar-refractivity contribution is 0.0592. The number of aromatic nitrogens is 2. The number of esters is 1. The van der Waals surface area contributed by atoms with E-state index in [1.165, 1.54) is 7.11 Å². The SMILES string of the molecule is COC(=O)c1nn2c(Br)cccc2c1CCCOc1cccc2ccccc12. The standard InChI is InChI=1S/C22H19BrN2O3/c1-27-22(26)21-17(18-11-5-13-20(23)25(18)24-21)10-6-14-28-19-12-4-8-15-7-2-3-9-16(15)19/h2-5,7-9,11-13H,6,10,14H2,1H3. The Hall–Kier alpha value is -2.86. The number of carbonyl (C=O) groups is 1. The number of fused-ring (bicyclic) bond motifs is 2. The van der Waals surface area contributed by atoms with E-state index in [9.17, 15) is 4.79 Å². The van der Waals surface area contributed by atoms with Gasteiger partial charge in [-0.2, -0.15) is 5.10 Å². The first kappa shape index (κ1) is 18.5. The van der Waals surface area contributed by atoms with Gasteiger partial charge in [0, 0.05) is 10.9 Å². The summed E-state index contributed by atoms with van der Waals surface area (Å²) in [5.41, 5.74) is 2.11. The largest absolute Gasteiger partial charge is 0.493 e. The third-order valence-electron chi connectivity index (χ3n) is 4.67. The second-order valence-corrected chi connectivity index (χ2v) is 7.21. The van der Waals surface area contributed by atoms with Gasteiger partial charge in [-0.1, -0.05) is 42.5 Å². The molecule has 6 heteroatoms. The molecule has 0 aliphatic rings. The molecule has 4 aromatic rings. The second kappa shape index (κ2) is 8.02. The topological polar surface area (TPSA) is 52.8 Å². The van der Waals surface area contributed by atoms with E-state index >= 15 is 0 Å². The van der Waals surface area contributed by atoms with E-state index in [1.807, 2.05) is 42.5 Å². The summed E-state index contributed by atoms with van der Waals surface area (Å²) in [4.78, 5) is 12.2. The number of hydrogen-bond donors (Lipinski definition) is 0. The van der Waals surface area contributed by atoms with E-state index in [4.69, 9.17) is 9.47 Å². The molecule has 0 saturated carbocycles. The predicted molar refractivity (Wildman–Crippen MR) is 112 cm³/mol. The summed E-state index contributed by atoms with van der Waals surface area (Å²) >= 11 is 3.47. The molecule has 2 aromatic carbocycles. The van der Waals surface area contributed by atoms with Crippen LogP contribution in [0.25, 0.3) is 16.3 Å². The van der Waals surface area contributed by atoms with Gasteiger partial charge in [-0.05, 0) is 52.4 Å². The lowest BCUT2D eigenvalue weighted by Crippen LogP contribution is -2.07. The molecule has 0 saturated heterocycles. The van der Waals surface area contributed by atoms with Crippen LogP contribution in [0.4, 0.5) is 0 Å². The van der Waals surface area contributed by atoms with Crippen LogP contribution in [0.2, 0.25) is 0 Å². The molecule has 0 radical (unpaired) electrons. The molecule has 0 aliphatic heterocycles. The fraction of sp³-hybridized carbons (Fsp3) is 0.182. The second-order valence-electron chi connectivity index (χ2n) is 6.39. The summed E-state index contributed by atoms with van der Waals surface area (Å²) in [6, 6.07) is 20.0. The third-order valence-corrected chi connectivity index (χ3v) is 5.27. The molecule has 0 fully saturated rings. The smallest absolute Gasteiger partial charge is 0.358 e. The molecule has 0 bridgehead atoms. The first-order valence-corrected chi connectivity index (χ1v) is 9.83. The highest BCUT2D eigenvalue weighted by atomic mass is 79.9. The average Bonchev–Trinajstić information content (AvgIpc) is 3.10. The van der Waals surface area contributed by atoms with E-state index in [1.54, 1.807) is 4.52 Å². The highest BCUT2D eigenvalue weighted by Gasteiger charge is 2.20. The van der Waals surface area contributed by atoms with Crippen LogP contribution in [0.3, 0.4) is 0 Å². The summed E-state index contributed by atoms with van der Waals surface area (Å²) in [5, 5.41) is 6.67. The number of halogens is 1. The number of methoxy groups -OCH3 is 1. The van der Waals surface area contributed by atoms with Crippen LogP contribution in [-0.2, 0) is 11.2 Å². The fourth-order valence-corrected chi connectivity index (χ4v) is 3.77. The van der Waals surface area contributed by atoms with Crippen LogP contribution < -0.4 is 4.74 Å². The Bertz CT molecular complexity index is 1150. The van der Waals surface area contributed by atoms with Crippen molar-refractivity contribution in [2.45, 2.75) is 12.8 Å². The molecule has 0 N–H and O–H groups in total. The zero-order valence-corrected chi connectivity index (χ0v) is 17.0. The number of carbonyl (C=O) groups excluding carboxylic acids is 1. The highest BCUT2D eigenvalue weighted by Crippen LogP contribution is 2.26. The van der Waals surface area contributed by atoms with Crippen molar-refractivity contribution in [2.75, 3.05) is 13.7 Å². The number of ether oxygens (including phenoxy) is 2. The number of aryl methyl sites for hydroxylation is 1. The third kappa shape index (κ3) is 3.47. The van der Waals surface area contributed by atoms with E-state index < -0.39 is 5.97 Å². The Morgan fingerprint density at radius 2 is 1.86 bits per heavy atom. The number of rotatable bonds is 6. The van der Waals surface area contributed by atoms with Gasteiger partial charge in [-0.25, -0.2) is 9.31 Å². The minimum atomic E-state index is -0.430. The van der Waals surface area contributed by atoms with Crippen molar-refractivity contribution in [2.24, 2.45) is 0 Å². The van der Waals surface area contributed by atoms with E-state index in [2.05, 4.69) is 39.2 Å². The van der Waals surface area contributed by atoms with Gasteiger partial charge in [0.2, 0.25) is 0 Å². The Morgan fingerprint density at radius 3 is 2.71 bits per heavy atom. The van der Waals surface area contributed by atoms with Gasteiger partial charge < -0.3 is 9.47 Å². The molecule has 2 aromatic heterocycles. The van der Waals surface area contributed by atoms with Crippen molar-refractivity contribution < 1.29 is 14.3 Å². The van der Waals surface area contributed by atoms with E-state index in [0.29, 0.717) is 18.7 Å². The summed E-state index contributed by atoms with van der Waals surface area (Å²) < 4.78 is 13.4. The maximum atomic E-state index is 12.2. The summed E-state index contributed by atoms with van der Waals surface area (Å²) in [6.07, 6.45) is 1.41. The predicted octanol–water partition coefficient (Wildman–Crippen LogP) is 5.05. The van der Waals surface area contributed by atoms with Crippen LogP contribution >= 0.6 is 15.9 Å². The van der Waals surface area contributed by atoms with Crippen LogP contribution in [0.5, 0.6) is 5.75 Å². The Kier molecular flexibility index (Phi) is 5.30. The van der Waals surface area contributed by atoms with Gasteiger partial charge in [-0.3, -0.25) is 0 Å². The molecule has 142 valence electrons. The molecule has 0 spiro atoms. The first-order valence-electron chi connectivity index (χ1n) is 9.04. The molecule has 0 unspecified atom stereocenters. The van der Waals surface area contributed by atoms with Crippen LogP contribution in [-0.4, -0.2) is 29.3 Å². The summed E-state index contributed by atoms with van der Waals surface area (Å²) in [6.45, 7) is 0.542. The fourth-order valence-electron chi connectivity index (χ4n) is 3.35. The molecule has 2 heterocycles. The van der Waals surface area contributed by atoms with Crippen LogP contribution in [0.1, 0.15) is 22.5 Å². The minimum Gasteiger partial charge on any atom is -0.493 e. The number of pyridine rings is 1. The lowest BCUT2D eigenvalue weighted by Gasteiger charge is -2.09. The van der Waals surface area contributed by atoms with Gasteiger partial charge in [-0.15, -0.1) is 0 Å². The number of hydrogen-bond acceptors (Lipinski definition) is 4. The number of nitrogens with zero attached hydrogens (tertiary/aromatic N) is 2. The zero-order chi connectivity index (χ0) is 19.5. The van der Waals surface area contributed by atoms with Gasteiger partial charge in [0.05, 0.1) is 19.2 Å². The normalized spacial score (nSPS) is 11.1. The van der Waals surface area contributed by atoms with Gasteiger partial charge >= 0.3 is 5.97 Å². The van der Waals surface area contributed by atoms with Crippen LogP contribution in [0.15, 0.2) is 65.3 Å². The van der Waals surface area contributed by atoms with Gasteiger partial charge in [0.25, 0.3) is 0 Å². The van der Waals surface area contributed by atoms with Crippen molar-refractivity contribution in [1.82, 2.24) is 9.61 Å². The summed E-state index contributed by atoms with van der Waals surface area (Å²) in [7, 11) is 1.37. The van der Waals surface area contributed by atoms with Crippen molar-refractivity contribution >= 4 is 38.2 Å². The Labute approximate surface area is 171 Å².